The summed E-state index contributed by atoms with van der Waals surface area (Å²) in [5, 5.41) is 1.34. The van der Waals surface area contributed by atoms with Crippen molar-refractivity contribution in [2.75, 3.05) is 6.54 Å². The standard InChI is InChI=1S/C25H39N3O/c1-6-7-10-19(17(2)3)22(26)13-14-24-25-21(15-16-28(24)18(4)29)20-11-8-9-12-23(20)27(25)5/h8-9,11-12,17,19,22,24H,6-7,10,13-16,26H2,1-5H3. The lowest BCUT2D eigenvalue weighted by atomic mass is 9.81. The molecule has 0 bridgehead atoms. The van der Waals surface area contributed by atoms with Crippen LogP contribution in [0.4, 0.5) is 0 Å². The van der Waals surface area contributed by atoms with Gasteiger partial charge >= 0.3 is 0 Å². The molecule has 0 saturated carbocycles. The first-order valence-corrected chi connectivity index (χ1v) is 11.5. The summed E-state index contributed by atoms with van der Waals surface area (Å²) in [4.78, 5) is 14.5. The molecule has 2 aromatic rings. The largest absolute Gasteiger partial charge is 0.346 e. The Morgan fingerprint density at radius 1 is 1.24 bits per heavy atom. The summed E-state index contributed by atoms with van der Waals surface area (Å²) in [6.45, 7) is 9.35. The van der Waals surface area contributed by atoms with E-state index in [1.807, 2.05) is 0 Å². The van der Waals surface area contributed by atoms with E-state index in [1.165, 1.54) is 41.4 Å². The van der Waals surface area contributed by atoms with Gasteiger partial charge in [0.1, 0.15) is 0 Å². The Morgan fingerprint density at radius 2 is 1.97 bits per heavy atom. The van der Waals surface area contributed by atoms with Crippen molar-refractivity contribution < 1.29 is 4.79 Å². The third kappa shape index (κ3) is 4.37. The molecule has 2 heterocycles. The first-order valence-electron chi connectivity index (χ1n) is 11.5. The minimum atomic E-state index is 0.124. The molecule has 3 unspecified atom stereocenters. The van der Waals surface area contributed by atoms with Gasteiger partial charge < -0.3 is 15.2 Å². The van der Waals surface area contributed by atoms with Gasteiger partial charge in [-0.1, -0.05) is 51.8 Å². The van der Waals surface area contributed by atoms with E-state index in [0.29, 0.717) is 11.8 Å². The van der Waals surface area contributed by atoms with E-state index in [-0.39, 0.29) is 18.0 Å². The highest BCUT2D eigenvalue weighted by molar-refractivity contribution is 5.86. The van der Waals surface area contributed by atoms with Gasteiger partial charge in [-0.3, -0.25) is 4.79 Å². The summed E-state index contributed by atoms with van der Waals surface area (Å²) in [6, 6.07) is 8.94. The number of rotatable bonds is 8. The summed E-state index contributed by atoms with van der Waals surface area (Å²) in [5.41, 5.74) is 10.7. The Kier molecular flexibility index (Phi) is 7.05. The van der Waals surface area contributed by atoms with Gasteiger partial charge in [0.15, 0.2) is 0 Å². The molecule has 2 N–H and O–H groups in total. The maximum atomic E-state index is 12.5. The smallest absolute Gasteiger partial charge is 0.220 e. The van der Waals surface area contributed by atoms with Crippen molar-refractivity contribution in [3.05, 3.63) is 35.5 Å². The molecule has 1 aromatic heterocycles. The first kappa shape index (κ1) is 21.9. The number of hydrogen-bond acceptors (Lipinski definition) is 2. The zero-order valence-electron chi connectivity index (χ0n) is 18.9. The second kappa shape index (κ2) is 9.34. The summed E-state index contributed by atoms with van der Waals surface area (Å²) >= 11 is 0. The number of nitrogens with two attached hydrogens (primary N) is 1. The first-order chi connectivity index (χ1) is 13.9. The van der Waals surface area contributed by atoms with Gasteiger partial charge in [-0.2, -0.15) is 0 Å². The van der Waals surface area contributed by atoms with E-state index in [9.17, 15) is 4.79 Å². The number of aryl methyl sites for hydroxylation is 1. The summed E-state index contributed by atoms with van der Waals surface area (Å²) in [7, 11) is 2.15. The Labute approximate surface area is 176 Å². The zero-order chi connectivity index (χ0) is 21.1. The normalized spacial score (nSPS) is 18.9. The Morgan fingerprint density at radius 3 is 2.62 bits per heavy atom. The van der Waals surface area contributed by atoms with Crippen LogP contribution in [-0.2, 0) is 18.3 Å². The molecule has 160 valence electrons. The van der Waals surface area contributed by atoms with E-state index in [1.54, 1.807) is 6.92 Å². The Bertz CT molecular complexity index is 838. The molecule has 0 spiro atoms. The molecule has 3 rings (SSSR count). The third-order valence-electron chi connectivity index (χ3n) is 7.03. The third-order valence-corrected chi connectivity index (χ3v) is 7.03. The van der Waals surface area contributed by atoms with E-state index >= 15 is 0 Å². The number of carbonyl (C=O) groups excluding carboxylic acids is 1. The quantitative estimate of drug-likeness (QED) is 0.666. The van der Waals surface area contributed by atoms with Gasteiger partial charge in [0.05, 0.1) is 6.04 Å². The second-order valence-corrected chi connectivity index (χ2v) is 9.21. The number of unbranched alkanes of at least 4 members (excludes halogenated alkanes) is 1. The summed E-state index contributed by atoms with van der Waals surface area (Å²) in [6.07, 6.45) is 6.50. The SMILES string of the molecule is CCCCC(C(C)C)C(N)CCC1c2c(c3ccccc3n2C)CCN1C(C)=O. The predicted molar refractivity (Wildman–Crippen MR) is 122 cm³/mol. The fourth-order valence-corrected chi connectivity index (χ4v) is 5.43. The fourth-order valence-electron chi connectivity index (χ4n) is 5.43. The van der Waals surface area contributed by atoms with Crippen LogP contribution in [0.3, 0.4) is 0 Å². The maximum absolute atomic E-state index is 12.5. The minimum Gasteiger partial charge on any atom is -0.346 e. The fraction of sp³-hybridized carbons (Fsp3) is 0.640. The van der Waals surface area contributed by atoms with Gasteiger partial charge in [0.25, 0.3) is 0 Å². The number of fused-ring (bicyclic) bond motifs is 3. The Balaban J connectivity index is 1.87. The van der Waals surface area contributed by atoms with Gasteiger partial charge in [-0.15, -0.1) is 0 Å². The van der Waals surface area contributed by atoms with Crippen molar-refractivity contribution in [2.45, 2.75) is 78.3 Å². The van der Waals surface area contributed by atoms with Crippen molar-refractivity contribution in [2.24, 2.45) is 24.6 Å². The van der Waals surface area contributed by atoms with Gasteiger partial charge in [-0.05, 0) is 49.1 Å². The van der Waals surface area contributed by atoms with E-state index < -0.39 is 0 Å². The van der Waals surface area contributed by atoms with Crippen LogP contribution in [0, 0.1) is 11.8 Å². The number of hydrogen-bond donors (Lipinski definition) is 1. The average molecular weight is 398 g/mol. The highest BCUT2D eigenvalue weighted by Crippen LogP contribution is 2.39. The predicted octanol–water partition coefficient (Wildman–Crippen LogP) is 5.19. The lowest BCUT2D eigenvalue weighted by Gasteiger charge is -2.37. The molecule has 0 saturated heterocycles. The molecule has 29 heavy (non-hydrogen) atoms. The van der Waals surface area contributed by atoms with Crippen LogP contribution in [0.1, 0.15) is 77.1 Å². The van der Waals surface area contributed by atoms with Crippen molar-refractivity contribution in [3.8, 4) is 0 Å². The number of aromatic nitrogens is 1. The van der Waals surface area contributed by atoms with Crippen LogP contribution in [0.25, 0.3) is 10.9 Å². The van der Waals surface area contributed by atoms with Gasteiger partial charge in [0.2, 0.25) is 5.91 Å². The molecule has 1 aromatic carbocycles. The van der Waals surface area contributed by atoms with Crippen LogP contribution >= 0.6 is 0 Å². The lowest BCUT2D eigenvalue weighted by Crippen LogP contribution is -2.41. The number of benzene rings is 1. The van der Waals surface area contributed by atoms with Crippen molar-refractivity contribution in [1.82, 2.24) is 9.47 Å². The molecule has 1 aliphatic rings. The molecule has 4 nitrogen and oxygen atoms in total. The zero-order valence-corrected chi connectivity index (χ0v) is 18.9. The molecule has 3 atom stereocenters. The molecule has 1 amide bonds. The molecule has 0 aliphatic carbocycles. The maximum Gasteiger partial charge on any atom is 0.220 e. The number of amides is 1. The highest BCUT2D eigenvalue weighted by atomic mass is 16.2. The van der Waals surface area contributed by atoms with Gasteiger partial charge in [0, 0.05) is 43.2 Å². The van der Waals surface area contributed by atoms with Gasteiger partial charge in [-0.25, -0.2) is 0 Å². The van der Waals surface area contributed by atoms with Crippen LogP contribution in [0.15, 0.2) is 24.3 Å². The summed E-state index contributed by atoms with van der Waals surface area (Å²) in [5.74, 6) is 1.32. The van der Waals surface area contributed by atoms with E-state index in [0.717, 1.165) is 25.8 Å². The molecule has 1 aliphatic heterocycles. The minimum absolute atomic E-state index is 0.124. The van der Waals surface area contributed by atoms with Crippen LogP contribution < -0.4 is 5.73 Å². The molecule has 0 radical (unpaired) electrons. The monoisotopic (exact) mass is 397 g/mol. The number of para-hydroxylation sites is 1. The van der Waals surface area contributed by atoms with E-state index in [4.69, 9.17) is 5.73 Å². The Hall–Kier alpha value is -1.81. The topological polar surface area (TPSA) is 51.3 Å². The van der Waals surface area contributed by atoms with Crippen molar-refractivity contribution >= 4 is 16.8 Å². The molecule has 0 fully saturated rings. The number of carbonyl (C=O) groups is 1. The highest BCUT2D eigenvalue weighted by Gasteiger charge is 2.34. The second-order valence-electron chi connectivity index (χ2n) is 9.21. The average Bonchev–Trinajstić information content (AvgIpc) is 2.99. The number of nitrogens with zero attached hydrogens (tertiary/aromatic N) is 2. The van der Waals surface area contributed by atoms with E-state index in [2.05, 4.69) is 61.6 Å². The summed E-state index contributed by atoms with van der Waals surface area (Å²) < 4.78 is 2.31. The molecular weight excluding hydrogens is 358 g/mol. The van der Waals surface area contributed by atoms with Crippen molar-refractivity contribution in [1.29, 1.82) is 0 Å². The molecular formula is C25H39N3O. The van der Waals surface area contributed by atoms with Crippen molar-refractivity contribution in [3.63, 3.8) is 0 Å². The lowest BCUT2D eigenvalue weighted by molar-refractivity contribution is -0.132. The molecule has 4 heteroatoms. The van der Waals surface area contributed by atoms with Crippen LogP contribution in [0.5, 0.6) is 0 Å². The van der Waals surface area contributed by atoms with Crippen LogP contribution in [0.2, 0.25) is 0 Å². The van der Waals surface area contributed by atoms with Crippen LogP contribution in [-0.4, -0.2) is 28.0 Å².